The van der Waals surface area contributed by atoms with Crippen LogP contribution in [0.4, 0.5) is 0 Å². The third kappa shape index (κ3) is 2.83. The van der Waals surface area contributed by atoms with Crippen molar-refractivity contribution in [2.75, 3.05) is 26.2 Å². The molecule has 2 aliphatic heterocycles. The highest BCUT2D eigenvalue weighted by Crippen LogP contribution is 2.12. The van der Waals surface area contributed by atoms with E-state index in [4.69, 9.17) is 4.74 Å². The molecule has 1 atom stereocenters. The smallest absolute Gasteiger partial charge is 0.247 e. The third-order valence-electron chi connectivity index (χ3n) is 3.31. The number of amides is 1. The van der Waals surface area contributed by atoms with Crippen LogP contribution in [0.15, 0.2) is 11.1 Å². The van der Waals surface area contributed by atoms with Crippen molar-refractivity contribution in [3.63, 3.8) is 0 Å². The van der Waals surface area contributed by atoms with E-state index < -0.39 is 0 Å². The second-order valence-corrected chi connectivity index (χ2v) is 4.53. The van der Waals surface area contributed by atoms with Crippen molar-refractivity contribution >= 4 is 5.91 Å². The monoisotopic (exact) mass is 224 g/mol. The highest BCUT2D eigenvalue weighted by Gasteiger charge is 2.18. The average molecular weight is 224 g/mol. The van der Waals surface area contributed by atoms with Gasteiger partial charge < -0.3 is 15.4 Å². The van der Waals surface area contributed by atoms with Crippen molar-refractivity contribution in [3.8, 4) is 0 Å². The summed E-state index contributed by atoms with van der Waals surface area (Å²) in [6.07, 6.45) is 3.65. The van der Waals surface area contributed by atoms with Gasteiger partial charge in [0.05, 0.1) is 6.10 Å². The second kappa shape index (κ2) is 5.46. The van der Waals surface area contributed by atoms with Gasteiger partial charge >= 0.3 is 0 Å². The summed E-state index contributed by atoms with van der Waals surface area (Å²) in [4.78, 5) is 11.8. The zero-order valence-electron chi connectivity index (χ0n) is 9.84. The summed E-state index contributed by atoms with van der Waals surface area (Å²) in [5.74, 6) is 0.0608. The molecule has 0 aliphatic carbocycles. The molecular weight excluding hydrogens is 204 g/mol. The van der Waals surface area contributed by atoms with Crippen LogP contribution in [0.1, 0.15) is 26.2 Å². The second-order valence-electron chi connectivity index (χ2n) is 4.53. The molecule has 1 unspecified atom stereocenters. The first-order valence-electron chi connectivity index (χ1n) is 6.06. The van der Waals surface area contributed by atoms with E-state index in [0.29, 0.717) is 6.54 Å². The van der Waals surface area contributed by atoms with Crippen molar-refractivity contribution in [3.05, 3.63) is 11.1 Å². The molecule has 0 aromatic heterocycles. The molecule has 0 saturated carbocycles. The molecular formula is C12H20N2O2. The Labute approximate surface area is 96.4 Å². The first-order valence-corrected chi connectivity index (χ1v) is 6.06. The Hall–Kier alpha value is -0.870. The molecule has 2 N–H and O–H groups in total. The van der Waals surface area contributed by atoms with Gasteiger partial charge in [-0.3, -0.25) is 4.79 Å². The Morgan fingerprint density at radius 1 is 1.50 bits per heavy atom. The van der Waals surface area contributed by atoms with E-state index >= 15 is 0 Å². The van der Waals surface area contributed by atoms with Gasteiger partial charge in [-0.15, -0.1) is 0 Å². The van der Waals surface area contributed by atoms with Gasteiger partial charge in [0.1, 0.15) is 0 Å². The average Bonchev–Trinajstić information content (AvgIpc) is 2.25. The molecule has 0 bridgehead atoms. The van der Waals surface area contributed by atoms with Gasteiger partial charge in [0, 0.05) is 31.8 Å². The molecule has 16 heavy (non-hydrogen) atoms. The van der Waals surface area contributed by atoms with Crippen LogP contribution in [0, 0.1) is 0 Å². The standard InChI is InChI=1S/C12H20N2O2/c1-9(10-6-13-7-10)12(15)14-8-11-4-2-3-5-16-11/h11,13H,2-8H2,1H3,(H,14,15). The van der Waals surface area contributed by atoms with Gasteiger partial charge in [-0.25, -0.2) is 0 Å². The van der Waals surface area contributed by atoms with Gasteiger partial charge in [-0.2, -0.15) is 0 Å². The van der Waals surface area contributed by atoms with Gasteiger partial charge in [0.25, 0.3) is 0 Å². The fraction of sp³-hybridized carbons (Fsp3) is 0.750. The first kappa shape index (κ1) is 11.6. The third-order valence-corrected chi connectivity index (χ3v) is 3.31. The number of rotatable bonds is 3. The van der Waals surface area contributed by atoms with Crippen molar-refractivity contribution < 1.29 is 9.53 Å². The predicted molar refractivity (Wildman–Crippen MR) is 62.2 cm³/mol. The van der Waals surface area contributed by atoms with Crippen LogP contribution in [-0.2, 0) is 9.53 Å². The summed E-state index contributed by atoms with van der Waals surface area (Å²) >= 11 is 0. The molecule has 2 saturated heterocycles. The molecule has 4 nitrogen and oxygen atoms in total. The minimum absolute atomic E-state index is 0.0608. The zero-order valence-corrected chi connectivity index (χ0v) is 9.84. The number of carbonyl (C=O) groups excluding carboxylic acids is 1. The maximum Gasteiger partial charge on any atom is 0.247 e. The van der Waals surface area contributed by atoms with E-state index in [1.54, 1.807) is 0 Å². The van der Waals surface area contributed by atoms with Crippen molar-refractivity contribution in [2.24, 2.45) is 0 Å². The highest BCUT2D eigenvalue weighted by molar-refractivity contribution is 5.93. The summed E-state index contributed by atoms with van der Waals surface area (Å²) in [5.41, 5.74) is 2.09. The molecule has 1 amide bonds. The predicted octanol–water partition coefficient (Wildman–Crippen LogP) is 0.591. The highest BCUT2D eigenvalue weighted by atomic mass is 16.5. The summed E-state index contributed by atoms with van der Waals surface area (Å²) in [5, 5.41) is 6.09. The number of hydrogen-bond acceptors (Lipinski definition) is 3. The molecule has 0 spiro atoms. The number of carbonyl (C=O) groups is 1. The molecule has 2 rings (SSSR count). The Morgan fingerprint density at radius 3 is 2.88 bits per heavy atom. The van der Waals surface area contributed by atoms with E-state index in [2.05, 4.69) is 10.6 Å². The normalized spacial score (nSPS) is 24.8. The van der Waals surface area contributed by atoms with Crippen LogP contribution in [0.25, 0.3) is 0 Å². The maximum atomic E-state index is 11.8. The van der Waals surface area contributed by atoms with Crippen LogP contribution >= 0.6 is 0 Å². The SMILES string of the molecule is CC(C(=O)NCC1CCCCO1)=C1CNC1. The molecule has 0 aromatic rings. The molecule has 2 fully saturated rings. The largest absolute Gasteiger partial charge is 0.376 e. The van der Waals surface area contributed by atoms with Crippen LogP contribution in [0.5, 0.6) is 0 Å². The quantitative estimate of drug-likeness (QED) is 0.690. The van der Waals surface area contributed by atoms with Gasteiger partial charge in [0.2, 0.25) is 5.91 Å². The van der Waals surface area contributed by atoms with E-state index in [-0.39, 0.29) is 12.0 Å². The molecule has 2 heterocycles. The Morgan fingerprint density at radius 2 is 2.31 bits per heavy atom. The summed E-state index contributed by atoms with van der Waals surface area (Å²) in [6, 6.07) is 0. The van der Waals surface area contributed by atoms with Crippen molar-refractivity contribution in [1.29, 1.82) is 0 Å². The van der Waals surface area contributed by atoms with Crippen LogP contribution in [0.2, 0.25) is 0 Å². The number of hydrogen-bond donors (Lipinski definition) is 2. The molecule has 0 aromatic carbocycles. The Kier molecular flexibility index (Phi) is 3.96. The lowest BCUT2D eigenvalue weighted by Gasteiger charge is -2.24. The van der Waals surface area contributed by atoms with Crippen LogP contribution < -0.4 is 10.6 Å². The fourth-order valence-corrected chi connectivity index (χ4v) is 1.98. The molecule has 0 radical (unpaired) electrons. The topological polar surface area (TPSA) is 50.4 Å². The molecule has 4 heteroatoms. The summed E-state index contributed by atoms with van der Waals surface area (Å²) < 4.78 is 5.57. The van der Waals surface area contributed by atoms with Crippen molar-refractivity contribution in [1.82, 2.24) is 10.6 Å². The van der Waals surface area contributed by atoms with Crippen LogP contribution in [0.3, 0.4) is 0 Å². The summed E-state index contributed by atoms with van der Waals surface area (Å²) in [7, 11) is 0. The lowest BCUT2D eigenvalue weighted by atomic mass is 10.0. The van der Waals surface area contributed by atoms with E-state index in [9.17, 15) is 4.79 Å². The van der Waals surface area contributed by atoms with Gasteiger partial charge in [-0.05, 0) is 31.8 Å². The van der Waals surface area contributed by atoms with Crippen LogP contribution in [-0.4, -0.2) is 38.3 Å². The minimum Gasteiger partial charge on any atom is -0.376 e. The summed E-state index contributed by atoms with van der Waals surface area (Å²) in [6.45, 7) is 5.10. The number of ether oxygens (including phenoxy) is 1. The van der Waals surface area contributed by atoms with E-state index in [1.807, 2.05) is 6.92 Å². The first-order chi connectivity index (χ1) is 7.77. The molecule has 2 aliphatic rings. The van der Waals surface area contributed by atoms with E-state index in [0.717, 1.165) is 38.1 Å². The Balaban J connectivity index is 1.74. The van der Waals surface area contributed by atoms with E-state index in [1.165, 1.54) is 12.0 Å². The lowest BCUT2D eigenvalue weighted by molar-refractivity contribution is -0.118. The fourth-order valence-electron chi connectivity index (χ4n) is 1.98. The Bertz CT molecular complexity index is 287. The zero-order chi connectivity index (χ0) is 11.4. The minimum atomic E-state index is 0.0608. The van der Waals surface area contributed by atoms with Gasteiger partial charge in [-0.1, -0.05) is 0 Å². The molecule has 90 valence electrons. The lowest BCUT2D eigenvalue weighted by Crippen LogP contribution is -2.40. The maximum absolute atomic E-state index is 11.8. The van der Waals surface area contributed by atoms with Gasteiger partial charge in [0.15, 0.2) is 0 Å². The van der Waals surface area contributed by atoms with Crippen molar-refractivity contribution in [2.45, 2.75) is 32.3 Å². The number of nitrogens with one attached hydrogen (secondary N) is 2.